The number of nitrogens with one attached hydrogen (secondary N) is 1. The summed E-state index contributed by atoms with van der Waals surface area (Å²) >= 11 is 0. The SMILES string of the molecule is Cl.NCC1CN(C(=O)c2ccc[nH]2)CCO1. The Labute approximate surface area is 100 Å². The topological polar surface area (TPSA) is 71.3 Å². The lowest BCUT2D eigenvalue weighted by molar-refractivity contribution is -0.0169. The van der Waals surface area contributed by atoms with Crippen LogP contribution in [0.2, 0.25) is 0 Å². The molecule has 1 aromatic heterocycles. The minimum Gasteiger partial charge on any atom is -0.373 e. The second-order valence-electron chi connectivity index (χ2n) is 3.56. The van der Waals surface area contributed by atoms with Crippen LogP contribution in [-0.4, -0.2) is 48.1 Å². The Balaban J connectivity index is 0.00000128. The molecule has 2 rings (SSSR count). The zero-order chi connectivity index (χ0) is 10.7. The minimum atomic E-state index is -0.0299. The van der Waals surface area contributed by atoms with Gasteiger partial charge in [-0.1, -0.05) is 0 Å². The Morgan fingerprint density at radius 1 is 1.69 bits per heavy atom. The number of amides is 1. The number of nitrogens with two attached hydrogens (primary N) is 1. The first kappa shape index (κ1) is 13.0. The molecule has 16 heavy (non-hydrogen) atoms. The number of halogens is 1. The molecule has 1 unspecified atom stereocenters. The van der Waals surface area contributed by atoms with Crippen LogP contribution in [0.3, 0.4) is 0 Å². The summed E-state index contributed by atoms with van der Waals surface area (Å²) in [6, 6.07) is 3.59. The van der Waals surface area contributed by atoms with E-state index in [4.69, 9.17) is 10.5 Å². The molecule has 6 heteroatoms. The molecule has 1 saturated heterocycles. The van der Waals surface area contributed by atoms with Crippen molar-refractivity contribution in [3.05, 3.63) is 24.0 Å². The fraction of sp³-hybridized carbons (Fsp3) is 0.500. The molecule has 1 aliphatic heterocycles. The highest BCUT2D eigenvalue weighted by Gasteiger charge is 2.24. The standard InChI is InChI=1S/C10H15N3O2.ClH/c11-6-8-7-13(4-5-15-8)10(14)9-2-1-3-12-9;/h1-3,8,12H,4-7,11H2;1H. The molecule has 0 aliphatic carbocycles. The maximum absolute atomic E-state index is 11.9. The average Bonchev–Trinajstić information content (AvgIpc) is 2.81. The van der Waals surface area contributed by atoms with Gasteiger partial charge in [0.25, 0.3) is 5.91 Å². The third kappa shape index (κ3) is 2.75. The Bertz CT molecular complexity index is 329. The lowest BCUT2D eigenvalue weighted by Crippen LogP contribution is -2.48. The third-order valence-corrected chi connectivity index (χ3v) is 2.52. The molecule has 1 aromatic rings. The van der Waals surface area contributed by atoms with E-state index in [-0.39, 0.29) is 24.4 Å². The van der Waals surface area contributed by atoms with E-state index in [0.717, 1.165) is 0 Å². The number of ether oxygens (including phenoxy) is 1. The predicted octanol–water partition coefficient (Wildman–Crippen LogP) is 0.236. The number of H-pyrrole nitrogens is 1. The van der Waals surface area contributed by atoms with Crippen molar-refractivity contribution < 1.29 is 9.53 Å². The number of hydrogen-bond acceptors (Lipinski definition) is 3. The Morgan fingerprint density at radius 2 is 2.50 bits per heavy atom. The van der Waals surface area contributed by atoms with Crippen LogP contribution in [0.5, 0.6) is 0 Å². The quantitative estimate of drug-likeness (QED) is 0.784. The summed E-state index contributed by atoms with van der Waals surface area (Å²) in [5.41, 5.74) is 6.13. The van der Waals surface area contributed by atoms with Gasteiger partial charge in [0.1, 0.15) is 5.69 Å². The van der Waals surface area contributed by atoms with Gasteiger partial charge in [0, 0.05) is 25.8 Å². The first-order valence-corrected chi connectivity index (χ1v) is 5.05. The van der Waals surface area contributed by atoms with Crippen LogP contribution in [0.1, 0.15) is 10.5 Å². The van der Waals surface area contributed by atoms with Crippen LogP contribution in [0.4, 0.5) is 0 Å². The molecule has 0 aromatic carbocycles. The molecule has 2 heterocycles. The predicted molar refractivity (Wildman–Crippen MR) is 62.7 cm³/mol. The molecule has 3 N–H and O–H groups in total. The molecule has 0 spiro atoms. The third-order valence-electron chi connectivity index (χ3n) is 2.52. The fourth-order valence-electron chi connectivity index (χ4n) is 1.68. The number of carbonyl (C=O) groups excluding carboxylic acids is 1. The largest absolute Gasteiger partial charge is 0.373 e. The van der Waals surface area contributed by atoms with Crippen molar-refractivity contribution in [2.75, 3.05) is 26.2 Å². The highest BCUT2D eigenvalue weighted by molar-refractivity contribution is 5.92. The van der Waals surface area contributed by atoms with E-state index in [1.165, 1.54) is 0 Å². The first-order valence-electron chi connectivity index (χ1n) is 5.05. The second kappa shape index (κ2) is 5.89. The van der Waals surface area contributed by atoms with Crippen LogP contribution < -0.4 is 5.73 Å². The Morgan fingerprint density at radius 3 is 3.12 bits per heavy atom. The van der Waals surface area contributed by atoms with Gasteiger partial charge in [-0.3, -0.25) is 4.79 Å². The highest BCUT2D eigenvalue weighted by Crippen LogP contribution is 2.08. The van der Waals surface area contributed by atoms with Crippen LogP contribution in [-0.2, 0) is 4.74 Å². The lowest BCUT2D eigenvalue weighted by atomic mass is 10.2. The summed E-state index contributed by atoms with van der Waals surface area (Å²) in [6.07, 6.45) is 1.71. The highest BCUT2D eigenvalue weighted by atomic mass is 35.5. The van der Waals surface area contributed by atoms with E-state index in [0.29, 0.717) is 31.9 Å². The van der Waals surface area contributed by atoms with Crippen molar-refractivity contribution in [3.63, 3.8) is 0 Å². The molecule has 1 amide bonds. The maximum Gasteiger partial charge on any atom is 0.270 e. The first-order chi connectivity index (χ1) is 7.31. The normalized spacial score (nSPS) is 20.3. The molecule has 1 aliphatic rings. The summed E-state index contributed by atoms with van der Waals surface area (Å²) in [5, 5.41) is 0. The molecule has 0 saturated carbocycles. The number of carbonyl (C=O) groups is 1. The van der Waals surface area contributed by atoms with Crippen LogP contribution >= 0.6 is 12.4 Å². The van der Waals surface area contributed by atoms with Crippen LogP contribution in [0, 0.1) is 0 Å². The zero-order valence-corrected chi connectivity index (χ0v) is 9.70. The summed E-state index contributed by atoms with van der Waals surface area (Å²) in [5.74, 6) is 0.0155. The molecular formula is C10H16ClN3O2. The Kier molecular flexibility index (Phi) is 4.79. The average molecular weight is 246 g/mol. The van der Waals surface area contributed by atoms with Gasteiger partial charge in [0.15, 0.2) is 0 Å². The van der Waals surface area contributed by atoms with Gasteiger partial charge >= 0.3 is 0 Å². The van der Waals surface area contributed by atoms with Gasteiger partial charge in [-0.25, -0.2) is 0 Å². The Hall–Kier alpha value is -1.04. The maximum atomic E-state index is 11.9. The van der Waals surface area contributed by atoms with Crippen molar-refractivity contribution in [3.8, 4) is 0 Å². The van der Waals surface area contributed by atoms with Gasteiger partial charge in [0.05, 0.1) is 12.7 Å². The molecule has 5 nitrogen and oxygen atoms in total. The van der Waals surface area contributed by atoms with Crippen molar-refractivity contribution in [2.24, 2.45) is 5.73 Å². The summed E-state index contributed by atoms with van der Waals surface area (Å²) in [6.45, 7) is 2.23. The smallest absolute Gasteiger partial charge is 0.270 e. The molecule has 1 fully saturated rings. The van der Waals surface area contributed by atoms with Gasteiger partial charge < -0.3 is 20.4 Å². The molecule has 0 radical (unpaired) electrons. The molecule has 0 bridgehead atoms. The van der Waals surface area contributed by atoms with E-state index in [1.807, 2.05) is 6.07 Å². The number of rotatable bonds is 2. The monoisotopic (exact) mass is 245 g/mol. The number of morpholine rings is 1. The molecule has 1 atom stereocenters. The number of aromatic nitrogens is 1. The van der Waals surface area contributed by atoms with Gasteiger partial charge in [0.2, 0.25) is 0 Å². The van der Waals surface area contributed by atoms with Crippen molar-refractivity contribution >= 4 is 18.3 Å². The van der Waals surface area contributed by atoms with Gasteiger partial charge in [-0.15, -0.1) is 12.4 Å². The second-order valence-corrected chi connectivity index (χ2v) is 3.56. The number of hydrogen-bond donors (Lipinski definition) is 2. The van der Waals surface area contributed by atoms with Gasteiger partial charge in [-0.2, -0.15) is 0 Å². The van der Waals surface area contributed by atoms with Crippen LogP contribution in [0.25, 0.3) is 0 Å². The van der Waals surface area contributed by atoms with Crippen molar-refractivity contribution in [1.29, 1.82) is 0 Å². The molecular weight excluding hydrogens is 230 g/mol. The number of aromatic amines is 1. The van der Waals surface area contributed by atoms with Crippen LogP contribution in [0.15, 0.2) is 18.3 Å². The summed E-state index contributed by atoms with van der Waals surface area (Å²) in [7, 11) is 0. The summed E-state index contributed by atoms with van der Waals surface area (Å²) < 4.78 is 5.40. The lowest BCUT2D eigenvalue weighted by Gasteiger charge is -2.32. The minimum absolute atomic E-state index is 0. The zero-order valence-electron chi connectivity index (χ0n) is 8.89. The van der Waals surface area contributed by atoms with E-state index in [9.17, 15) is 4.79 Å². The van der Waals surface area contributed by atoms with Gasteiger partial charge in [-0.05, 0) is 12.1 Å². The van der Waals surface area contributed by atoms with Crippen molar-refractivity contribution in [2.45, 2.75) is 6.10 Å². The fourth-order valence-corrected chi connectivity index (χ4v) is 1.68. The van der Waals surface area contributed by atoms with E-state index >= 15 is 0 Å². The van der Waals surface area contributed by atoms with Crippen molar-refractivity contribution in [1.82, 2.24) is 9.88 Å². The van der Waals surface area contributed by atoms with E-state index < -0.39 is 0 Å². The van der Waals surface area contributed by atoms with E-state index in [1.54, 1.807) is 17.2 Å². The summed E-state index contributed by atoms with van der Waals surface area (Å²) in [4.78, 5) is 16.6. The number of nitrogens with zero attached hydrogens (tertiary/aromatic N) is 1. The molecule has 90 valence electrons. The van der Waals surface area contributed by atoms with E-state index in [2.05, 4.69) is 4.98 Å².